The van der Waals surface area contributed by atoms with Crippen LogP contribution < -0.4 is 0 Å². The van der Waals surface area contributed by atoms with Crippen LogP contribution >= 0.6 is 12.6 Å². The standard InChI is InChI=1S/C18H25NO2S/c1-14-5-6-15(16(22)13-14)17(20)18(7-3-2-4-8-18)19-9-11-21-12-10-19/h5-6,13,22H,2-4,7-12H2,1H3. The van der Waals surface area contributed by atoms with E-state index in [1.807, 2.05) is 25.1 Å². The van der Waals surface area contributed by atoms with Crippen LogP contribution in [0.4, 0.5) is 0 Å². The molecule has 1 aliphatic carbocycles. The Morgan fingerprint density at radius 1 is 1.18 bits per heavy atom. The molecule has 0 bridgehead atoms. The van der Waals surface area contributed by atoms with E-state index in [9.17, 15) is 4.79 Å². The van der Waals surface area contributed by atoms with Gasteiger partial charge in [-0.2, -0.15) is 0 Å². The van der Waals surface area contributed by atoms with Gasteiger partial charge >= 0.3 is 0 Å². The fourth-order valence-corrected chi connectivity index (χ4v) is 4.28. The Kier molecular flexibility index (Phi) is 4.91. The molecule has 3 rings (SSSR count). The number of aryl methyl sites for hydroxylation is 1. The minimum atomic E-state index is -0.339. The smallest absolute Gasteiger partial charge is 0.184 e. The molecule has 1 heterocycles. The summed E-state index contributed by atoms with van der Waals surface area (Å²) in [6.07, 6.45) is 5.44. The number of carbonyl (C=O) groups is 1. The van der Waals surface area contributed by atoms with Gasteiger partial charge < -0.3 is 4.74 Å². The third kappa shape index (κ3) is 2.97. The highest BCUT2D eigenvalue weighted by molar-refractivity contribution is 7.80. The highest BCUT2D eigenvalue weighted by atomic mass is 32.1. The number of thiol groups is 1. The van der Waals surface area contributed by atoms with Crippen molar-refractivity contribution in [3.63, 3.8) is 0 Å². The van der Waals surface area contributed by atoms with E-state index in [2.05, 4.69) is 17.5 Å². The lowest BCUT2D eigenvalue weighted by molar-refractivity contribution is -0.0265. The number of ketones is 1. The first-order valence-corrected chi connectivity index (χ1v) is 8.75. The molecule has 1 aromatic rings. The maximum Gasteiger partial charge on any atom is 0.184 e. The molecule has 0 radical (unpaired) electrons. The third-order valence-electron chi connectivity index (χ3n) is 5.12. The molecule has 4 heteroatoms. The van der Waals surface area contributed by atoms with Crippen LogP contribution in [0.15, 0.2) is 23.1 Å². The second kappa shape index (κ2) is 6.73. The van der Waals surface area contributed by atoms with Gasteiger partial charge in [0.15, 0.2) is 5.78 Å². The van der Waals surface area contributed by atoms with E-state index < -0.39 is 0 Å². The van der Waals surface area contributed by atoms with Crippen LogP contribution in [0, 0.1) is 6.92 Å². The molecule has 1 saturated carbocycles. The number of carbonyl (C=O) groups excluding carboxylic acids is 1. The summed E-state index contributed by atoms with van der Waals surface area (Å²) in [5.74, 6) is 0.263. The quantitative estimate of drug-likeness (QED) is 0.683. The number of hydrogen-bond acceptors (Lipinski definition) is 4. The van der Waals surface area contributed by atoms with Gasteiger partial charge in [0.2, 0.25) is 0 Å². The lowest BCUT2D eigenvalue weighted by Gasteiger charge is -2.47. The third-order valence-corrected chi connectivity index (χ3v) is 5.49. The average molecular weight is 319 g/mol. The van der Waals surface area contributed by atoms with Crippen molar-refractivity contribution in [1.29, 1.82) is 0 Å². The van der Waals surface area contributed by atoms with Gasteiger partial charge in [0.1, 0.15) is 0 Å². The molecule has 0 aromatic heterocycles. The zero-order valence-electron chi connectivity index (χ0n) is 13.3. The van der Waals surface area contributed by atoms with Gasteiger partial charge in [-0.3, -0.25) is 9.69 Å². The van der Waals surface area contributed by atoms with E-state index in [4.69, 9.17) is 4.74 Å². The SMILES string of the molecule is Cc1ccc(C(=O)C2(N3CCOCC3)CCCCC2)c(S)c1. The van der Waals surface area contributed by atoms with Crippen LogP contribution in [-0.4, -0.2) is 42.5 Å². The fourth-order valence-electron chi connectivity index (χ4n) is 3.90. The monoisotopic (exact) mass is 319 g/mol. The molecular formula is C18H25NO2S. The van der Waals surface area contributed by atoms with E-state index in [0.717, 1.165) is 68.0 Å². The Balaban J connectivity index is 1.95. The average Bonchev–Trinajstić information content (AvgIpc) is 2.56. The number of Topliss-reactive ketones (excluding diaryl/α,β-unsaturated/α-hetero) is 1. The van der Waals surface area contributed by atoms with Gasteiger partial charge in [0, 0.05) is 23.5 Å². The van der Waals surface area contributed by atoms with Crippen LogP contribution in [0.3, 0.4) is 0 Å². The first kappa shape index (κ1) is 16.0. The highest BCUT2D eigenvalue weighted by Gasteiger charge is 2.45. The molecule has 3 nitrogen and oxygen atoms in total. The summed E-state index contributed by atoms with van der Waals surface area (Å²) in [5.41, 5.74) is 1.59. The normalized spacial score (nSPS) is 22.5. The second-order valence-electron chi connectivity index (χ2n) is 6.54. The molecule has 0 amide bonds. The summed E-state index contributed by atoms with van der Waals surface area (Å²) in [4.78, 5) is 16.6. The van der Waals surface area contributed by atoms with Crippen LogP contribution in [0.2, 0.25) is 0 Å². The molecule has 2 aliphatic rings. The predicted octanol–water partition coefficient (Wildman–Crippen LogP) is 3.50. The predicted molar refractivity (Wildman–Crippen MR) is 91.0 cm³/mol. The van der Waals surface area contributed by atoms with Gasteiger partial charge in [0.05, 0.1) is 18.8 Å². The number of hydrogen-bond donors (Lipinski definition) is 1. The van der Waals surface area contributed by atoms with Gasteiger partial charge in [-0.1, -0.05) is 25.3 Å². The van der Waals surface area contributed by atoms with E-state index in [-0.39, 0.29) is 11.3 Å². The van der Waals surface area contributed by atoms with E-state index in [0.29, 0.717) is 0 Å². The summed E-state index contributed by atoms with van der Waals surface area (Å²) in [6, 6.07) is 5.96. The van der Waals surface area contributed by atoms with E-state index >= 15 is 0 Å². The Morgan fingerprint density at radius 3 is 2.50 bits per heavy atom. The lowest BCUT2D eigenvalue weighted by Crippen LogP contribution is -2.59. The van der Waals surface area contributed by atoms with Crippen molar-refractivity contribution in [2.75, 3.05) is 26.3 Å². The molecule has 2 fully saturated rings. The van der Waals surface area contributed by atoms with Gasteiger partial charge in [-0.15, -0.1) is 12.6 Å². The minimum absolute atomic E-state index is 0.263. The van der Waals surface area contributed by atoms with Crippen LogP contribution in [-0.2, 0) is 4.74 Å². The number of nitrogens with zero attached hydrogens (tertiary/aromatic N) is 1. The molecular weight excluding hydrogens is 294 g/mol. The Hall–Kier alpha value is -0.840. The van der Waals surface area contributed by atoms with Crippen molar-refractivity contribution in [3.8, 4) is 0 Å². The van der Waals surface area contributed by atoms with Gasteiger partial charge in [-0.05, 0) is 37.5 Å². The minimum Gasteiger partial charge on any atom is -0.379 e. The van der Waals surface area contributed by atoms with Crippen molar-refractivity contribution < 1.29 is 9.53 Å². The molecule has 1 saturated heterocycles. The van der Waals surface area contributed by atoms with Crippen LogP contribution in [0.5, 0.6) is 0 Å². The molecule has 120 valence electrons. The molecule has 22 heavy (non-hydrogen) atoms. The van der Waals surface area contributed by atoms with Crippen molar-refractivity contribution in [3.05, 3.63) is 29.3 Å². The molecule has 0 spiro atoms. The summed E-state index contributed by atoms with van der Waals surface area (Å²) >= 11 is 4.56. The molecule has 1 aromatic carbocycles. The van der Waals surface area contributed by atoms with Crippen molar-refractivity contribution in [2.24, 2.45) is 0 Å². The fraction of sp³-hybridized carbons (Fsp3) is 0.611. The maximum atomic E-state index is 13.4. The zero-order valence-corrected chi connectivity index (χ0v) is 14.2. The second-order valence-corrected chi connectivity index (χ2v) is 7.02. The first-order chi connectivity index (χ1) is 10.6. The summed E-state index contributed by atoms with van der Waals surface area (Å²) in [5, 5.41) is 0. The van der Waals surface area contributed by atoms with Crippen LogP contribution in [0.1, 0.15) is 48.0 Å². The summed E-state index contributed by atoms with van der Waals surface area (Å²) in [6.45, 7) is 5.22. The van der Waals surface area contributed by atoms with E-state index in [1.54, 1.807) is 0 Å². The number of ether oxygens (including phenoxy) is 1. The summed E-state index contributed by atoms with van der Waals surface area (Å²) < 4.78 is 5.49. The Morgan fingerprint density at radius 2 is 1.86 bits per heavy atom. The highest BCUT2D eigenvalue weighted by Crippen LogP contribution is 2.38. The first-order valence-electron chi connectivity index (χ1n) is 8.31. The molecule has 0 N–H and O–H groups in total. The van der Waals surface area contributed by atoms with Crippen molar-refractivity contribution >= 4 is 18.4 Å². The summed E-state index contributed by atoms with van der Waals surface area (Å²) in [7, 11) is 0. The number of morpholine rings is 1. The van der Waals surface area contributed by atoms with E-state index in [1.165, 1.54) is 6.42 Å². The molecule has 0 atom stereocenters. The zero-order chi connectivity index (χ0) is 15.6. The van der Waals surface area contributed by atoms with Gasteiger partial charge in [0.25, 0.3) is 0 Å². The lowest BCUT2D eigenvalue weighted by atomic mass is 9.75. The number of rotatable bonds is 3. The Labute approximate surface area is 138 Å². The molecule has 1 aliphatic heterocycles. The van der Waals surface area contributed by atoms with Crippen LogP contribution in [0.25, 0.3) is 0 Å². The van der Waals surface area contributed by atoms with Gasteiger partial charge in [-0.25, -0.2) is 0 Å². The van der Waals surface area contributed by atoms with Crippen molar-refractivity contribution in [2.45, 2.75) is 49.5 Å². The Bertz CT molecular complexity index is 546. The topological polar surface area (TPSA) is 29.5 Å². The molecule has 0 unspecified atom stereocenters. The largest absolute Gasteiger partial charge is 0.379 e. The van der Waals surface area contributed by atoms with Crippen molar-refractivity contribution in [1.82, 2.24) is 4.90 Å². The number of benzene rings is 1. The maximum absolute atomic E-state index is 13.4.